The van der Waals surface area contributed by atoms with Crippen LogP contribution in [0.25, 0.3) is 0 Å². The largest absolute Gasteiger partial charge is 0.416 e. The average molecular weight is 375 g/mol. The molecule has 0 radical (unpaired) electrons. The molecule has 142 valence electrons. The van der Waals surface area contributed by atoms with Crippen molar-refractivity contribution in [2.24, 2.45) is 0 Å². The zero-order valence-corrected chi connectivity index (χ0v) is 14.4. The van der Waals surface area contributed by atoms with Crippen molar-refractivity contribution in [3.05, 3.63) is 35.8 Å². The highest BCUT2D eigenvalue weighted by atomic mass is 19.4. The standard InChI is InChI=1S/C16H18F5N5/c1-4-26(9-15(3,17)18)14-6-11(16(19,20)21)5-12(25-14)24-13-8-22-10(2)7-23-13/h5-8H,4,9H2,1-3H3,(H,23,24,25). The lowest BCUT2D eigenvalue weighted by Gasteiger charge is -2.26. The minimum atomic E-state index is -4.65. The third-order valence-electron chi connectivity index (χ3n) is 3.35. The van der Waals surface area contributed by atoms with Gasteiger partial charge in [-0.3, -0.25) is 4.98 Å². The van der Waals surface area contributed by atoms with E-state index in [1.807, 2.05) is 0 Å². The first-order chi connectivity index (χ1) is 12.0. The second kappa shape index (κ2) is 7.38. The Bertz CT molecular complexity index is 740. The zero-order valence-electron chi connectivity index (χ0n) is 14.4. The molecule has 0 aliphatic rings. The number of hydrogen-bond donors (Lipinski definition) is 1. The molecule has 0 aliphatic carbocycles. The molecule has 0 aliphatic heterocycles. The summed E-state index contributed by atoms with van der Waals surface area (Å²) in [5, 5.41) is 2.63. The molecule has 0 saturated carbocycles. The highest BCUT2D eigenvalue weighted by Crippen LogP contribution is 2.34. The molecule has 0 atom stereocenters. The summed E-state index contributed by atoms with van der Waals surface area (Å²) < 4.78 is 66.3. The second-order valence-electron chi connectivity index (χ2n) is 5.85. The number of aromatic nitrogens is 3. The smallest absolute Gasteiger partial charge is 0.351 e. The van der Waals surface area contributed by atoms with E-state index in [-0.39, 0.29) is 24.0 Å². The van der Waals surface area contributed by atoms with Crippen molar-refractivity contribution in [1.82, 2.24) is 15.0 Å². The van der Waals surface area contributed by atoms with Gasteiger partial charge in [-0.15, -0.1) is 0 Å². The highest BCUT2D eigenvalue weighted by molar-refractivity contribution is 5.57. The van der Waals surface area contributed by atoms with Crippen molar-refractivity contribution >= 4 is 17.5 Å². The maximum atomic E-state index is 13.3. The lowest BCUT2D eigenvalue weighted by Crippen LogP contribution is -2.35. The molecule has 0 spiro atoms. The topological polar surface area (TPSA) is 53.9 Å². The van der Waals surface area contributed by atoms with Gasteiger partial charge in [-0.25, -0.2) is 18.7 Å². The van der Waals surface area contributed by atoms with Gasteiger partial charge < -0.3 is 10.2 Å². The molecule has 0 fully saturated rings. The molecular weight excluding hydrogens is 357 g/mol. The Morgan fingerprint density at radius 3 is 2.23 bits per heavy atom. The summed E-state index contributed by atoms with van der Waals surface area (Å²) in [4.78, 5) is 13.1. The molecule has 0 unspecified atom stereocenters. The maximum absolute atomic E-state index is 13.3. The Kier molecular flexibility index (Phi) is 5.62. The molecule has 0 amide bonds. The molecule has 0 aromatic carbocycles. The van der Waals surface area contributed by atoms with E-state index in [2.05, 4.69) is 20.3 Å². The van der Waals surface area contributed by atoms with Crippen LogP contribution >= 0.6 is 0 Å². The number of alkyl halides is 5. The van der Waals surface area contributed by atoms with Crippen LogP contribution in [-0.4, -0.2) is 34.0 Å². The Labute approximate surface area is 147 Å². The molecule has 2 aromatic rings. The van der Waals surface area contributed by atoms with E-state index in [1.54, 1.807) is 13.8 Å². The van der Waals surface area contributed by atoms with Gasteiger partial charge in [-0.2, -0.15) is 13.2 Å². The molecule has 1 N–H and O–H groups in total. The lowest BCUT2D eigenvalue weighted by molar-refractivity contribution is -0.137. The number of hydrogen-bond acceptors (Lipinski definition) is 5. The van der Waals surface area contributed by atoms with Gasteiger partial charge in [-0.05, 0) is 26.0 Å². The molecule has 2 aromatic heterocycles. The fourth-order valence-electron chi connectivity index (χ4n) is 2.18. The second-order valence-corrected chi connectivity index (χ2v) is 5.85. The van der Waals surface area contributed by atoms with E-state index in [0.29, 0.717) is 12.6 Å². The van der Waals surface area contributed by atoms with Crippen molar-refractivity contribution in [3.8, 4) is 0 Å². The Morgan fingerprint density at radius 2 is 1.73 bits per heavy atom. The number of anilines is 3. The third-order valence-corrected chi connectivity index (χ3v) is 3.35. The SMILES string of the molecule is CCN(CC(C)(F)F)c1cc(C(F)(F)F)cc(Nc2cnc(C)cn2)n1. The van der Waals surface area contributed by atoms with Crippen LogP contribution in [0.4, 0.5) is 39.4 Å². The van der Waals surface area contributed by atoms with Crippen LogP contribution in [0.15, 0.2) is 24.5 Å². The summed E-state index contributed by atoms with van der Waals surface area (Å²) in [6.07, 6.45) is -1.87. The highest BCUT2D eigenvalue weighted by Gasteiger charge is 2.33. The van der Waals surface area contributed by atoms with Crippen molar-refractivity contribution in [3.63, 3.8) is 0 Å². The zero-order chi connectivity index (χ0) is 19.5. The molecule has 2 rings (SSSR count). The quantitative estimate of drug-likeness (QED) is 0.758. The van der Waals surface area contributed by atoms with E-state index in [4.69, 9.17) is 0 Å². The van der Waals surface area contributed by atoms with Gasteiger partial charge >= 0.3 is 6.18 Å². The van der Waals surface area contributed by atoms with Gasteiger partial charge in [0.05, 0.1) is 30.2 Å². The average Bonchev–Trinajstić information content (AvgIpc) is 2.53. The monoisotopic (exact) mass is 375 g/mol. The van der Waals surface area contributed by atoms with Crippen molar-refractivity contribution in [2.45, 2.75) is 32.9 Å². The van der Waals surface area contributed by atoms with Gasteiger partial charge in [0.2, 0.25) is 0 Å². The first-order valence-corrected chi connectivity index (χ1v) is 7.75. The molecule has 10 heteroatoms. The van der Waals surface area contributed by atoms with Crippen molar-refractivity contribution < 1.29 is 22.0 Å². The number of nitrogens with one attached hydrogen (secondary N) is 1. The number of nitrogens with zero attached hydrogens (tertiary/aromatic N) is 4. The molecular formula is C16H18F5N5. The van der Waals surface area contributed by atoms with E-state index in [1.165, 1.54) is 12.4 Å². The summed E-state index contributed by atoms with van der Waals surface area (Å²) in [5.41, 5.74) is -0.362. The molecule has 0 bridgehead atoms. The predicted molar refractivity (Wildman–Crippen MR) is 87.8 cm³/mol. The van der Waals surface area contributed by atoms with Crippen molar-refractivity contribution in [2.75, 3.05) is 23.3 Å². The number of pyridine rings is 1. The van der Waals surface area contributed by atoms with Gasteiger partial charge in [-0.1, -0.05) is 0 Å². The van der Waals surface area contributed by atoms with Crippen molar-refractivity contribution in [1.29, 1.82) is 0 Å². The van der Waals surface area contributed by atoms with Crippen LogP contribution in [-0.2, 0) is 6.18 Å². The van der Waals surface area contributed by atoms with Gasteiger partial charge in [0.25, 0.3) is 5.92 Å². The van der Waals surface area contributed by atoms with Crippen LogP contribution in [0, 0.1) is 6.92 Å². The van der Waals surface area contributed by atoms with Crippen LogP contribution in [0.2, 0.25) is 0 Å². The molecule has 5 nitrogen and oxygen atoms in total. The van der Waals surface area contributed by atoms with Gasteiger partial charge in [0.1, 0.15) is 17.5 Å². The number of aryl methyl sites for hydroxylation is 1. The van der Waals surface area contributed by atoms with E-state index >= 15 is 0 Å². The number of rotatable bonds is 6. The summed E-state index contributed by atoms with van der Waals surface area (Å²) in [7, 11) is 0. The molecule has 0 saturated heterocycles. The predicted octanol–water partition coefficient (Wildman–Crippen LogP) is 4.42. The van der Waals surface area contributed by atoms with Gasteiger partial charge in [0.15, 0.2) is 0 Å². The fourth-order valence-corrected chi connectivity index (χ4v) is 2.18. The molecule has 26 heavy (non-hydrogen) atoms. The Hall–Kier alpha value is -2.52. The van der Waals surface area contributed by atoms with Gasteiger partial charge in [0, 0.05) is 13.5 Å². The molecule has 2 heterocycles. The van der Waals surface area contributed by atoms with Crippen LogP contribution in [0.5, 0.6) is 0 Å². The summed E-state index contributed by atoms with van der Waals surface area (Å²) >= 11 is 0. The van der Waals surface area contributed by atoms with Crippen LogP contribution in [0.1, 0.15) is 25.1 Å². The minimum absolute atomic E-state index is 0.0710. The summed E-state index contributed by atoms with van der Waals surface area (Å²) in [6.45, 7) is 3.29. The third kappa shape index (κ3) is 5.50. The van der Waals surface area contributed by atoms with E-state index in [0.717, 1.165) is 17.0 Å². The maximum Gasteiger partial charge on any atom is 0.416 e. The summed E-state index contributed by atoms with van der Waals surface area (Å²) in [6, 6.07) is 1.55. The normalized spacial score (nSPS) is 12.2. The lowest BCUT2D eigenvalue weighted by atomic mass is 10.2. The van der Waals surface area contributed by atoms with Crippen LogP contribution in [0.3, 0.4) is 0 Å². The number of halogens is 5. The van der Waals surface area contributed by atoms with E-state index in [9.17, 15) is 22.0 Å². The first-order valence-electron chi connectivity index (χ1n) is 7.75. The summed E-state index contributed by atoms with van der Waals surface area (Å²) in [5.74, 6) is -3.25. The Morgan fingerprint density at radius 1 is 1.04 bits per heavy atom. The van der Waals surface area contributed by atoms with Crippen LogP contribution < -0.4 is 10.2 Å². The minimum Gasteiger partial charge on any atom is -0.351 e. The first kappa shape index (κ1) is 19.8. The van der Waals surface area contributed by atoms with E-state index < -0.39 is 24.2 Å². The fraction of sp³-hybridized carbons (Fsp3) is 0.438. The Balaban J connectivity index is 2.42.